The quantitative estimate of drug-likeness (QED) is 0.639. The summed E-state index contributed by atoms with van der Waals surface area (Å²) in [7, 11) is 0. The molecule has 0 fully saturated rings. The van der Waals surface area contributed by atoms with Gasteiger partial charge in [0.15, 0.2) is 17.5 Å². The van der Waals surface area contributed by atoms with E-state index in [4.69, 9.17) is 11.6 Å². The fraction of sp³-hybridized carbons (Fsp3) is 0.308. The van der Waals surface area contributed by atoms with Crippen LogP contribution in [0.3, 0.4) is 0 Å². The smallest absolute Gasteiger partial charge is 0.169 e. The van der Waals surface area contributed by atoms with Crippen molar-refractivity contribution in [2.75, 3.05) is 0 Å². The van der Waals surface area contributed by atoms with Gasteiger partial charge in [-0.15, -0.1) is 0 Å². The molecule has 1 aromatic heterocycles. The Morgan fingerprint density at radius 3 is 2.22 bits per heavy atom. The molecule has 0 amide bonds. The molecule has 0 bridgehead atoms. The molecule has 2 aromatic rings. The Hall–Kier alpha value is -1.29. The molecule has 1 aromatic carbocycles. The summed E-state index contributed by atoms with van der Waals surface area (Å²) in [5.74, 6) is -3.37. The maximum absolute atomic E-state index is 13.6. The highest BCUT2D eigenvalue weighted by molar-refractivity contribution is 6.35. The molecular weight excluding hydrogens is 263 g/mol. The van der Waals surface area contributed by atoms with Gasteiger partial charge in [0.05, 0.1) is 10.4 Å². The highest BCUT2D eigenvalue weighted by Gasteiger charge is 2.22. The third kappa shape index (κ3) is 2.05. The van der Waals surface area contributed by atoms with Crippen LogP contribution in [0.15, 0.2) is 12.1 Å². The molecule has 0 aliphatic heterocycles. The van der Waals surface area contributed by atoms with Crippen molar-refractivity contribution in [2.24, 2.45) is 0 Å². The third-order valence-corrected chi connectivity index (χ3v) is 2.95. The van der Waals surface area contributed by atoms with Crippen molar-refractivity contribution in [1.29, 1.82) is 0 Å². The summed E-state index contributed by atoms with van der Waals surface area (Å²) in [5.41, 5.74) is -0.0917. The van der Waals surface area contributed by atoms with E-state index in [1.54, 1.807) is 0 Å². The second kappa shape index (κ2) is 4.12. The van der Waals surface area contributed by atoms with E-state index in [1.807, 2.05) is 20.8 Å². The van der Waals surface area contributed by atoms with E-state index in [0.717, 1.165) is 0 Å². The van der Waals surface area contributed by atoms with Gasteiger partial charge in [0.2, 0.25) is 0 Å². The number of nitrogens with zero attached hydrogens (tertiary/aromatic N) is 1. The predicted octanol–water partition coefficient (Wildman–Crippen LogP) is 4.60. The number of hydrogen-bond donors (Lipinski definition) is 0. The van der Waals surface area contributed by atoms with E-state index in [-0.39, 0.29) is 21.3 Å². The van der Waals surface area contributed by atoms with Crippen molar-refractivity contribution in [1.82, 2.24) is 4.98 Å². The molecule has 1 heterocycles. The summed E-state index contributed by atoms with van der Waals surface area (Å²) in [6, 6.07) is 1.92. The Balaban J connectivity index is 2.91. The van der Waals surface area contributed by atoms with Gasteiger partial charge in [-0.05, 0) is 6.07 Å². The molecule has 0 unspecified atom stereocenters. The van der Waals surface area contributed by atoms with E-state index in [1.165, 1.54) is 6.07 Å². The molecule has 0 spiro atoms. The summed E-state index contributed by atoms with van der Waals surface area (Å²) < 4.78 is 40.4. The fourth-order valence-corrected chi connectivity index (χ4v) is 1.92. The normalized spacial score (nSPS) is 12.2. The Bertz CT molecular complexity index is 632. The Kier molecular flexibility index (Phi) is 3.01. The van der Waals surface area contributed by atoms with Gasteiger partial charge >= 0.3 is 0 Å². The molecule has 0 aliphatic carbocycles. The van der Waals surface area contributed by atoms with E-state index in [0.29, 0.717) is 11.8 Å². The van der Waals surface area contributed by atoms with Gasteiger partial charge in [0, 0.05) is 17.2 Å². The number of fused-ring (bicyclic) bond motifs is 1. The topological polar surface area (TPSA) is 12.9 Å². The van der Waals surface area contributed by atoms with Gasteiger partial charge in [-0.2, -0.15) is 0 Å². The van der Waals surface area contributed by atoms with Gasteiger partial charge in [0.1, 0.15) is 5.52 Å². The average molecular weight is 274 g/mol. The van der Waals surface area contributed by atoms with E-state index >= 15 is 0 Å². The van der Waals surface area contributed by atoms with Gasteiger partial charge < -0.3 is 0 Å². The minimum atomic E-state index is -1.27. The monoisotopic (exact) mass is 273 g/mol. The van der Waals surface area contributed by atoms with Crippen LogP contribution >= 0.6 is 11.6 Å². The molecule has 0 saturated heterocycles. The molecule has 96 valence electrons. The van der Waals surface area contributed by atoms with Gasteiger partial charge in [0.25, 0.3) is 0 Å². The van der Waals surface area contributed by atoms with Crippen molar-refractivity contribution in [2.45, 2.75) is 26.2 Å². The maximum Gasteiger partial charge on any atom is 0.169 e. The number of pyridine rings is 1. The first-order valence-corrected chi connectivity index (χ1v) is 5.74. The summed E-state index contributed by atoms with van der Waals surface area (Å²) in [6.45, 7) is 5.61. The lowest BCUT2D eigenvalue weighted by molar-refractivity contribution is 0.504. The Morgan fingerprint density at radius 1 is 1.06 bits per heavy atom. The first-order chi connectivity index (χ1) is 8.21. The van der Waals surface area contributed by atoms with Crippen molar-refractivity contribution in [3.05, 3.63) is 40.3 Å². The minimum Gasteiger partial charge on any atom is -0.249 e. The van der Waals surface area contributed by atoms with E-state index < -0.39 is 17.5 Å². The van der Waals surface area contributed by atoms with Crippen molar-refractivity contribution in [3.8, 4) is 0 Å². The molecule has 18 heavy (non-hydrogen) atoms. The number of benzene rings is 1. The molecule has 0 aliphatic rings. The summed E-state index contributed by atoms with van der Waals surface area (Å²) >= 11 is 5.90. The molecule has 0 saturated carbocycles. The summed E-state index contributed by atoms with van der Waals surface area (Å²) in [5, 5.41) is -0.358. The van der Waals surface area contributed by atoms with Crippen LogP contribution in [-0.4, -0.2) is 4.98 Å². The molecule has 0 atom stereocenters. The molecule has 0 radical (unpaired) electrons. The van der Waals surface area contributed by atoms with Crippen LogP contribution in [0.2, 0.25) is 5.02 Å². The van der Waals surface area contributed by atoms with Crippen LogP contribution < -0.4 is 0 Å². The second-order valence-corrected chi connectivity index (χ2v) is 5.52. The number of rotatable bonds is 0. The van der Waals surface area contributed by atoms with Crippen LogP contribution in [0.25, 0.3) is 10.9 Å². The van der Waals surface area contributed by atoms with Gasteiger partial charge in [-0.25, -0.2) is 18.2 Å². The summed E-state index contributed by atoms with van der Waals surface area (Å²) in [4.78, 5) is 4.04. The number of hydrogen-bond acceptors (Lipinski definition) is 1. The Morgan fingerprint density at radius 2 is 1.67 bits per heavy atom. The van der Waals surface area contributed by atoms with Crippen LogP contribution in [0, 0.1) is 17.5 Å². The first kappa shape index (κ1) is 13.1. The fourth-order valence-electron chi connectivity index (χ4n) is 1.64. The SMILES string of the molecule is CC(C)(C)c1cc(Cl)c2c(F)c(F)cc(F)c2n1. The van der Waals surface area contributed by atoms with E-state index in [9.17, 15) is 13.2 Å². The first-order valence-electron chi connectivity index (χ1n) is 5.36. The zero-order chi connectivity index (χ0) is 13.7. The number of aromatic nitrogens is 1. The average Bonchev–Trinajstić information content (AvgIpc) is 2.24. The highest BCUT2D eigenvalue weighted by atomic mass is 35.5. The lowest BCUT2D eigenvalue weighted by atomic mass is 9.91. The standard InChI is InChI=1S/C13H11ClF3N/c1-13(2,3)9-4-6(14)10-11(17)7(15)5-8(16)12(10)18-9/h4-5H,1-3H3. The predicted molar refractivity (Wildman–Crippen MR) is 65.3 cm³/mol. The van der Waals surface area contributed by atoms with Crippen molar-refractivity contribution < 1.29 is 13.2 Å². The van der Waals surface area contributed by atoms with Crippen molar-refractivity contribution in [3.63, 3.8) is 0 Å². The second-order valence-electron chi connectivity index (χ2n) is 5.12. The van der Waals surface area contributed by atoms with Gasteiger partial charge in [-0.3, -0.25) is 0 Å². The van der Waals surface area contributed by atoms with Crippen LogP contribution in [0.1, 0.15) is 26.5 Å². The van der Waals surface area contributed by atoms with E-state index in [2.05, 4.69) is 4.98 Å². The molecule has 0 N–H and O–H groups in total. The molecular formula is C13H11ClF3N. The number of halogens is 4. The zero-order valence-corrected chi connectivity index (χ0v) is 10.9. The molecule has 2 rings (SSSR count). The molecule has 1 nitrogen and oxygen atoms in total. The lowest BCUT2D eigenvalue weighted by Crippen LogP contribution is -2.14. The minimum absolute atomic E-state index is 0.0409. The van der Waals surface area contributed by atoms with Crippen molar-refractivity contribution >= 4 is 22.5 Å². The highest BCUT2D eigenvalue weighted by Crippen LogP contribution is 2.32. The van der Waals surface area contributed by atoms with Gasteiger partial charge in [-0.1, -0.05) is 32.4 Å². The largest absolute Gasteiger partial charge is 0.249 e. The summed E-state index contributed by atoms with van der Waals surface area (Å²) in [6.07, 6.45) is 0. The van der Waals surface area contributed by atoms with Crippen LogP contribution in [0.4, 0.5) is 13.2 Å². The third-order valence-electron chi connectivity index (χ3n) is 2.65. The van der Waals surface area contributed by atoms with Crippen LogP contribution in [0.5, 0.6) is 0 Å². The Labute approximate surface area is 108 Å². The lowest BCUT2D eigenvalue weighted by Gasteiger charge is -2.19. The molecule has 5 heteroatoms. The van der Waals surface area contributed by atoms with Crippen LogP contribution in [-0.2, 0) is 5.41 Å². The maximum atomic E-state index is 13.6. The zero-order valence-electron chi connectivity index (χ0n) is 10.1.